The zero-order valence-electron chi connectivity index (χ0n) is 11.6. The molecule has 20 heavy (non-hydrogen) atoms. The van der Waals surface area contributed by atoms with Crippen molar-refractivity contribution in [2.24, 2.45) is 5.92 Å². The van der Waals surface area contributed by atoms with E-state index in [1.165, 1.54) is 0 Å². The summed E-state index contributed by atoms with van der Waals surface area (Å²) in [6, 6.07) is 14.2. The fraction of sp³-hybridized carbons (Fsp3) is 0.353. The molecule has 0 amide bonds. The van der Waals surface area contributed by atoms with E-state index in [2.05, 4.69) is 24.4 Å². The second-order valence-corrected chi connectivity index (χ2v) is 5.32. The number of nitriles is 1. The van der Waals surface area contributed by atoms with Gasteiger partial charge in [-0.1, -0.05) is 24.3 Å². The van der Waals surface area contributed by atoms with E-state index >= 15 is 0 Å². The highest BCUT2D eigenvalue weighted by Crippen LogP contribution is 2.28. The molecule has 0 saturated carbocycles. The lowest BCUT2D eigenvalue weighted by Crippen LogP contribution is -2.20. The summed E-state index contributed by atoms with van der Waals surface area (Å²) < 4.78 is 5.59. The zero-order valence-corrected chi connectivity index (χ0v) is 11.6. The third-order valence-electron chi connectivity index (χ3n) is 4.13. The summed E-state index contributed by atoms with van der Waals surface area (Å²) in [5.41, 5.74) is 1.82. The van der Waals surface area contributed by atoms with E-state index in [4.69, 9.17) is 4.74 Å². The summed E-state index contributed by atoms with van der Waals surface area (Å²) in [6.07, 6.45) is 1.44. The van der Waals surface area contributed by atoms with Crippen LogP contribution in [0.5, 0.6) is 0 Å². The minimum absolute atomic E-state index is 0.326. The van der Waals surface area contributed by atoms with Crippen LogP contribution >= 0.6 is 0 Å². The number of ether oxygens (including phenoxy) is 1. The predicted molar refractivity (Wildman–Crippen MR) is 80.7 cm³/mol. The summed E-state index contributed by atoms with van der Waals surface area (Å²) >= 11 is 0. The Labute approximate surface area is 119 Å². The molecule has 1 heterocycles. The molecule has 3 nitrogen and oxygen atoms in total. The number of rotatable bonds is 3. The lowest BCUT2D eigenvalue weighted by atomic mass is 10.0. The van der Waals surface area contributed by atoms with E-state index in [1.807, 2.05) is 30.3 Å². The Balaban J connectivity index is 1.87. The third kappa shape index (κ3) is 2.35. The molecule has 0 bridgehead atoms. The largest absolute Gasteiger partial charge is 0.384 e. The maximum absolute atomic E-state index is 9.18. The predicted octanol–water partition coefficient (Wildman–Crippen LogP) is 3.55. The van der Waals surface area contributed by atoms with Crippen molar-refractivity contribution < 1.29 is 4.74 Å². The van der Waals surface area contributed by atoms with Gasteiger partial charge < -0.3 is 10.1 Å². The molecule has 0 aliphatic carbocycles. The quantitative estimate of drug-likeness (QED) is 0.924. The van der Waals surface area contributed by atoms with Gasteiger partial charge in [0.15, 0.2) is 0 Å². The van der Waals surface area contributed by atoms with Crippen LogP contribution in [0, 0.1) is 17.2 Å². The number of fused-ring (bicyclic) bond motifs is 1. The van der Waals surface area contributed by atoms with E-state index < -0.39 is 0 Å². The molecule has 2 unspecified atom stereocenters. The van der Waals surface area contributed by atoms with Gasteiger partial charge in [-0.05, 0) is 25.5 Å². The van der Waals surface area contributed by atoms with Crippen molar-refractivity contribution in [1.29, 1.82) is 5.26 Å². The Morgan fingerprint density at radius 2 is 2.05 bits per heavy atom. The van der Waals surface area contributed by atoms with E-state index in [1.54, 1.807) is 0 Å². The molecule has 1 fully saturated rings. The van der Waals surface area contributed by atoms with Gasteiger partial charge in [0.05, 0.1) is 17.7 Å². The van der Waals surface area contributed by atoms with Gasteiger partial charge in [0.1, 0.15) is 0 Å². The second kappa shape index (κ2) is 5.52. The van der Waals surface area contributed by atoms with Gasteiger partial charge >= 0.3 is 0 Å². The lowest BCUT2D eigenvalue weighted by molar-refractivity contribution is 0.108. The first-order valence-electron chi connectivity index (χ1n) is 7.07. The molecule has 0 aromatic heterocycles. The molecule has 1 saturated heterocycles. The minimum atomic E-state index is 0.326. The molecule has 0 radical (unpaired) electrons. The molecular weight excluding hydrogens is 248 g/mol. The Hall–Kier alpha value is -2.05. The first-order chi connectivity index (χ1) is 9.79. The number of nitrogens with zero attached hydrogens (tertiary/aromatic N) is 1. The maximum atomic E-state index is 9.18. The smallest absolute Gasteiger partial charge is 0.0998 e. The SMILES string of the molecule is CC1OCCC1CNc1ccc(C#N)c2ccccc12. The Bertz CT molecular complexity index is 660. The average molecular weight is 266 g/mol. The highest BCUT2D eigenvalue weighted by atomic mass is 16.5. The van der Waals surface area contributed by atoms with E-state index in [-0.39, 0.29) is 0 Å². The van der Waals surface area contributed by atoms with Crippen molar-refractivity contribution in [2.75, 3.05) is 18.5 Å². The van der Waals surface area contributed by atoms with Crippen LogP contribution in [0.1, 0.15) is 18.9 Å². The first-order valence-corrected chi connectivity index (χ1v) is 7.07. The molecule has 0 spiro atoms. The summed E-state index contributed by atoms with van der Waals surface area (Å²) in [6.45, 7) is 3.91. The molecule has 2 atom stereocenters. The summed E-state index contributed by atoms with van der Waals surface area (Å²) in [4.78, 5) is 0. The van der Waals surface area contributed by atoms with Crippen molar-refractivity contribution in [2.45, 2.75) is 19.4 Å². The highest BCUT2D eigenvalue weighted by molar-refractivity contribution is 5.97. The monoisotopic (exact) mass is 266 g/mol. The lowest BCUT2D eigenvalue weighted by Gasteiger charge is -2.17. The van der Waals surface area contributed by atoms with Crippen LogP contribution in [0.15, 0.2) is 36.4 Å². The van der Waals surface area contributed by atoms with Crippen molar-refractivity contribution in [3.63, 3.8) is 0 Å². The topological polar surface area (TPSA) is 45.0 Å². The van der Waals surface area contributed by atoms with Gasteiger partial charge in [-0.2, -0.15) is 5.26 Å². The Morgan fingerprint density at radius 3 is 2.75 bits per heavy atom. The molecule has 1 aliphatic heterocycles. The van der Waals surface area contributed by atoms with Gasteiger partial charge in [-0.3, -0.25) is 0 Å². The van der Waals surface area contributed by atoms with Crippen LogP contribution in [0.3, 0.4) is 0 Å². The van der Waals surface area contributed by atoms with Crippen molar-refractivity contribution in [3.8, 4) is 6.07 Å². The average Bonchev–Trinajstić information content (AvgIpc) is 2.90. The number of hydrogen-bond donors (Lipinski definition) is 1. The normalized spacial score (nSPS) is 21.8. The van der Waals surface area contributed by atoms with Gasteiger partial charge in [-0.25, -0.2) is 0 Å². The standard InChI is InChI=1S/C17H18N2O/c1-12-14(8-9-20-12)11-19-17-7-6-13(10-18)15-4-2-3-5-16(15)17/h2-7,12,14,19H,8-9,11H2,1H3. The molecule has 2 aromatic carbocycles. The van der Waals surface area contributed by atoms with Crippen molar-refractivity contribution >= 4 is 16.5 Å². The molecule has 1 N–H and O–H groups in total. The second-order valence-electron chi connectivity index (χ2n) is 5.32. The molecule has 1 aliphatic rings. The van der Waals surface area contributed by atoms with Crippen molar-refractivity contribution in [1.82, 2.24) is 0 Å². The van der Waals surface area contributed by atoms with Gasteiger partial charge in [0.2, 0.25) is 0 Å². The molecule has 2 aromatic rings. The fourth-order valence-corrected chi connectivity index (χ4v) is 2.84. The molecule has 3 rings (SSSR count). The first kappa shape index (κ1) is 13.0. The van der Waals surface area contributed by atoms with Crippen LogP contribution in [0.4, 0.5) is 5.69 Å². The number of nitrogens with one attached hydrogen (secondary N) is 1. The van der Waals surface area contributed by atoms with Crippen LogP contribution in [-0.2, 0) is 4.74 Å². The van der Waals surface area contributed by atoms with Gasteiger partial charge in [0, 0.05) is 35.5 Å². The fourth-order valence-electron chi connectivity index (χ4n) is 2.84. The van der Waals surface area contributed by atoms with Gasteiger partial charge in [0.25, 0.3) is 0 Å². The van der Waals surface area contributed by atoms with Crippen LogP contribution < -0.4 is 5.32 Å². The summed E-state index contributed by atoms with van der Waals surface area (Å²) in [5, 5.41) is 14.8. The zero-order chi connectivity index (χ0) is 13.9. The van der Waals surface area contributed by atoms with Crippen LogP contribution in [0.25, 0.3) is 10.8 Å². The van der Waals surface area contributed by atoms with Crippen LogP contribution in [-0.4, -0.2) is 19.3 Å². The Morgan fingerprint density at radius 1 is 1.25 bits per heavy atom. The number of anilines is 1. The maximum Gasteiger partial charge on any atom is 0.0998 e. The highest BCUT2D eigenvalue weighted by Gasteiger charge is 2.23. The molecule has 102 valence electrons. The minimum Gasteiger partial charge on any atom is -0.384 e. The third-order valence-corrected chi connectivity index (χ3v) is 4.13. The molecule has 3 heteroatoms. The van der Waals surface area contributed by atoms with E-state index in [9.17, 15) is 5.26 Å². The van der Waals surface area contributed by atoms with Crippen molar-refractivity contribution in [3.05, 3.63) is 42.0 Å². The van der Waals surface area contributed by atoms with E-state index in [0.29, 0.717) is 12.0 Å². The summed E-state index contributed by atoms with van der Waals surface area (Å²) in [7, 11) is 0. The van der Waals surface area contributed by atoms with Crippen LogP contribution in [0.2, 0.25) is 0 Å². The number of hydrogen-bond acceptors (Lipinski definition) is 3. The van der Waals surface area contributed by atoms with Gasteiger partial charge in [-0.15, -0.1) is 0 Å². The summed E-state index contributed by atoms with van der Waals surface area (Å²) in [5.74, 6) is 0.560. The molecular formula is C17H18N2O. The Kier molecular flexibility index (Phi) is 3.58. The number of benzene rings is 2. The van der Waals surface area contributed by atoms with E-state index in [0.717, 1.165) is 41.6 Å².